The van der Waals surface area contributed by atoms with Crippen LogP contribution in [0.2, 0.25) is 0 Å². The largest absolute Gasteiger partial charge is 0.438 e. The molecule has 0 saturated carbocycles. The third-order valence-corrected chi connectivity index (χ3v) is 4.52. The molecule has 0 aliphatic rings. The van der Waals surface area contributed by atoms with Gasteiger partial charge in [0.05, 0.1) is 0 Å². The van der Waals surface area contributed by atoms with Gasteiger partial charge in [-0.1, -0.05) is 6.07 Å². The van der Waals surface area contributed by atoms with Crippen LogP contribution in [0.1, 0.15) is 4.88 Å². The van der Waals surface area contributed by atoms with Crippen LogP contribution in [0.25, 0.3) is 11.9 Å². The zero-order chi connectivity index (χ0) is 19.2. The summed E-state index contributed by atoms with van der Waals surface area (Å²) in [6.45, 7) is 0. The summed E-state index contributed by atoms with van der Waals surface area (Å²) in [4.78, 5) is 17.0. The first kappa shape index (κ1) is 17.6. The number of hydrogen-bond acceptors (Lipinski definition) is 6. The third kappa shape index (κ3) is 4.49. The normalized spacial score (nSPS) is 10.9. The monoisotopic (exact) mass is 389 g/mol. The van der Waals surface area contributed by atoms with Crippen molar-refractivity contribution in [2.45, 2.75) is 0 Å². The van der Waals surface area contributed by atoms with Crippen LogP contribution in [0.4, 0.5) is 5.69 Å². The Bertz CT molecular complexity index is 1060. The van der Waals surface area contributed by atoms with E-state index in [0.29, 0.717) is 23.1 Å². The Kier molecular flexibility index (Phi) is 5.21. The highest BCUT2D eigenvalue weighted by atomic mass is 32.1. The van der Waals surface area contributed by atoms with E-state index < -0.39 is 0 Å². The molecule has 0 fully saturated rings. The van der Waals surface area contributed by atoms with Gasteiger partial charge in [-0.05, 0) is 47.9 Å². The summed E-state index contributed by atoms with van der Waals surface area (Å²) in [5, 5.41) is 12.9. The topological polar surface area (TPSA) is 81.9 Å². The molecule has 0 unspecified atom stereocenters. The number of carbonyl (C=O) groups is 1. The lowest BCUT2D eigenvalue weighted by molar-refractivity contribution is -0.111. The second kappa shape index (κ2) is 8.28. The number of carbonyl (C=O) groups excluding carboxylic acids is 1. The van der Waals surface area contributed by atoms with Crippen LogP contribution < -0.4 is 10.1 Å². The number of rotatable bonds is 6. The maximum absolute atomic E-state index is 12.0. The fourth-order valence-electron chi connectivity index (χ4n) is 2.35. The van der Waals surface area contributed by atoms with Crippen molar-refractivity contribution in [3.05, 3.63) is 83.6 Å². The Morgan fingerprint density at radius 3 is 2.68 bits per heavy atom. The van der Waals surface area contributed by atoms with E-state index in [0.717, 1.165) is 4.88 Å². The molecule has 1 aromatic carbocycles. The number of hydrogen-bond donors (Lipinski definition) is 1. The average Bonchev–Trinajstić information content (AvgIpc) is 3.43. The minimum atomic E-state index is -0.192. The minimum absolute atomic E-state index is 0.192. The van der Waals surface area contributed by atoms with E-state index in [1.165, 1.54) is 6.08 Å². The first-order valence-electron chi connectivity index (χ1n) is 8.39. The van der Waals surface area contributed by atoms with Crippen LogP contribution >= 0.6 is 11.3 Å². The number of nitrogens with one attached hydrogen (secondary N) is 1. The molecule has 0 aliphatic heterocycles. The molecule has 1 N–H and O–H groups in total. The molecule has 1 amide bonds. The van der Waals surface area contributed by atoms with E-state index in [1.54, 1.807) is 77.1 Å². The number of imidazole rings is 1. The Balaban J connectivity index is 1.34. The highest BCUT2D eigenvalue weighted by Crippen LogP contribution is 2.21. The Morgan fingerprint density at radius 1 is 1.11 bits per heavy atom. The molecule has 7 nitrogen and oxygen atoms in total. The quantitative estimate of drug-likeness (QED) is 0.501. The number of aromatic nitrogens is 4. The molecular formula is C20H15N5O2S. The molecular weight excluding hydrogens is 374 g/mol. The average molecular weight is 389 g/mol. The zero-order valence-corrected chi connectivity index (χ0v) is 15.4. The second-order valence-electron chi connectivity index (χ2n) is 5.66. The van der Waals surface area contributed by atoms with Gasteiger partial charge >= 0.3 is 0 Å². The van der Waals surface area contributed by atoms with E-state index in [9.17, 15) is 4.79 Å². The van der Waals surface area contributed by atoms with E-state index >= 15 is 0 Å². The summed E-state index contributed by atoms with van der Waals surface area (Å²) in [7, 11) is 0. The van der Waals surface area contributed by atoms with Crippen LogP contribution in [0.15, 0.2) is 78.7 Å². The predicted molar refractivity (Wildman–Crippen MR) is 108 cm³/mol. The first-order valence-corrected chi connectivity index (χ1v) is 9.27. The molecule has 4 rings (SSSR count). The molecule has 0 radical (unpaired) electrons. The lowest BCUT2D eigenvalue weighted by atomic mass is 10.3. The van der Waals surface area contributed by atoms with Gasteiger partial charge < -0.3 is 10.1 Å². The van der Waals surface area contributed by atoms with Crippen molar-refractivity contribution >= 4 is 29.0 Å². The van der Waals surface area contributed by atoms with Gasteiger partial charge in [0, 0.05) is 35.1 Å². The lowest BCUT2D eigenvalue weighted by Gasteiger charge is -2.07. The summed E-state index contributed by atoms with van der Waals surface area (Å²) in [5.74, 6) is 1.43. The fourth-order valence-corrected chi connectivity index (χ4v) is 2.97. The predicted octanol–water partition coefficient (Wildman–Crippen LogP) is 4.17. The van der Waals surface area contributed by atoms with Crippen molar-refractivity contribution in [3.63, 3.8) is 0 Å². The summed E-state index contributed by atoms with van der Waals surface area (Å²) >= 11 is 1.58. The molecule has 4 aromatic rings. The van der Waals surface area contributed by atoms with E-state index in [1.807, 2.05) is 17.5 Å². The second-order valence-corrected chi connectivity index (χ2v) is 6.64. The maximum Gasteiger partial charge on any atom is 0.248 e. The third-order valence-electron chi connectivity index (χ3n) is 3.68. The molecule has 0 bridgehead atoms. The summed E-state index contributed by atoms with van der Waals surface area (Å²) in [5.41, 5.74) is 0.676. The molecule has 0 spiro atoms. The van der Waals surface area contributed by atoms with Crippen molar-refractivity contribution < 1.29 is 9.53 Å². The molecule has 8 heteroatoms. The van der Waals surface area contributed by atoms with Gasteiger partial charge in [0.2, 0.25) is 11.8 Å². The van der Waals surface area contributed by atoms with Crippen molar-refractivity contribution in [1.29, 1.82) is 0 Å². The molecule has 0 aliphatic carbocycles. The van der Waals surface area contributed by atoms with Gasteiger partial charge in [0.1, 0.15) is 12.1 Å². The van der Waals surface area contributed by atoms with E-state index in [-0.39, 0.29) is 5.91 Å². The van der Waals surface area contributed by atoms with Gasteiger partial charge in [-0.25, -0.2) is 4.98 Å². The van der Waals surface area contributed by atoms with Crippen LogP contribution in [-0.4, -0.2) is 25.7 Å². The Morgan fingerprint density at radius 2 is 2.00 bits per heavy atom. The van der Waals surface area contributed by atoms with E-state index in [4.69, 9.17) is 4.74 Å². The molecule has 0 saturated heterocycles. The zero-order valence-electron chi connectivity index (χ0n) is 14.6. The number of thiophene rings is 1. The van der Waals surface area contributed by atoms with Crippen LogP contribution in [0.5, 0.6) is 11.6 Å². The maximum atomic E-state index is 12.0. The standard InChI is InChI=1S/C20H15N5O2S/c26-19(9-7-17-2-1-13-28-17)22-15-3-5-16(6-4-15)27-20-10-8-18(23-24-20)25-12-11-21-14-25/h1-14H,(H,22,26)/b9-7+. The van der Waals surface area contributed by atoms with Crippen molar-refractivity contribution in [1.82, 2.24) is 19.7 Å². The number of amides is 1. The molecule has 28 heavy (non-hydrogen) atoms. The summed E-state index contributed by atoms with van der Waals surface area (Å²) in [6, 6.07) is 14.4. The van der Waals surface area contributed by atoms with Crippen LogP contribution in [-0.2, 0) is 4.79 Å². The van der Waals surface area contributed by atoms with Crippen molar-refractivity contribution in [2.24, 2.45) is 0 Å². The lowest BCUT2D eigenvalue weighted by Crippen LogP contribution is -2.07. The van der Waals surface area contributed by atoms with Crippen LogP contribution in [0, 0.1) is 0 Å². The molecule has 3 heterocycles. The van der Waals surface area contributed by atoms with Gasteiger partial charge in [-0.2, -0.15) is 0 Å². The number of anilines is 1. The minimum Gasteiger partial charge on any atom is -0.438 e. The first-order chi connectivity index (χ1) is 13.8. The van der Waals surface area contributed by atoms with Crippen molar-refractivity contribution in [2.75, 3.05) is 5.32 Å². The van der Waals surface area contributed by atoms with Crippen molar-refractivity contribution in [3.8, 4) is 17.4 Å². The summed E-state index contributed by atoms with van der Waals surface area (Å²) < 4.78 is 7.43. The van der Waals surface area contributed by atoms with Gasteiger partial charge in [0.15, 0.2) is 5.82 Å². The molecule has 3 aromatic heterocycles. The van der Waals surface area contributed by atoms with Crippen LogP contribution in [0.3, 0.4) is 0 Å². The van der Waals surface area contributed by atoms with Gasteiger partial charge in [0.25, 0.3) is 0 Å². The highest BCUT2D eigenvalue weighted by Gasteiger charge is 2.03. The fraction of sp³-hybridized carbons (Fsp3) is 0. The smallest absolute Gasteiger partial charge is 0.248 e. The number of benzene rings is 1. The van der Waals surface area contributed by atoms with Gasteiger partial charge in [-0.3, -0.25) is 9.36 Å². The van der Waals surface area contributed by atoms with E-state index in [2.05, 4.69) is 20.5 Å². The Hall–Kier alpha value is -3.78. The molecule has 138 valence electrons. The Labute approximate surface area is 165 Å². The number of nitrogens with zero attached hydrogens (tertiary/aromatic N) is 4. The highest BCUT2D eigenvalue weighted by molar-refractivity contribution is 7.10. The SMILES string of the molecule is O=C(/C=C/c1cccs1)Nc1ccc(Oc2ccc(-n3ccnc3)nn2)cc1. The summed E-state index contributed by atoms with van der Waals surface area (Å²) in [6.07, 6.45) is 8.39. The van der Waals surface area contributed by atoms with Gasteiger partial charge in [-0.15, -0.1) is 21.5 Å². The molecule has 0 atom stereocenters. The number of ether oxygens (including phenoxy) is 1.